The SMILES string of the molecule is CC(C)CCC[C@@H](C)[C@H]1CC[C@H]2[C@@H]3CC=C4C[C@@H](OC(=O)CCOc5ccc(N=Nc6ccc([N+](=O)[O-])cc6)cc5)CC[C@]4(C)[C@H]3CC[C@]12C. The normalized spacial score (nSPS) is 31.0. The van der Waals surface area contributed by atoms with Crippen LogP contribution in [-0.2, 0) is 9.53 Å². The summed E-state index contributed by atoms with van der Waals surface area (Å²) in [4.78, 5) is 23.2. The number of nitro groups is 1. The van der Waals surface area contributed by atoms with Gasteiger partial charge in [-0.05, 0) is 128 Å². The fourth-order valence-electron chi connectivity index (χ4n) is 10.6. The number of benzene rings is 2. The van der Waals surface area contributed by atoms with Crippen LogP contribution >= 0.6 is 0 Å². The standard InChI is InChI=1S/C42H57N3O5/c1-28(2)7-6-8-29(3)37-19-20-38-36-18-9-30-27-35(21-24-41(30,4)39(36)22-25-42(37,38)5)50-40(46)23-26-49-34-16-12-32(13-17-34)44-43-31-10-14-33(15-11-31)45(47)48/h9-17,28-29,35-39H,6-8,18-27H2,1-5H3/t29-,35+,36+,37-,38+,39+,41+,42-/m1/s1. The minimum absolute atomic E-state index is 0.0111. The van der Waals surface area contributed by atoms with E-state index in [1.54, 1.807) is 42.0 Å². The molecular formula is C42H57N3O5. The number of carbonyl (C=O) groups excluding carboxylic acids is 1. The lowest BCUT2D eigenvalue weighted by atomic mass is 9.47. The van der Waals surface area contributed by atoms with Crippen molar-refractivity contribution in [1.82, 2.24) is 0 Å². The Morgan fingerprint density at radius 3 is 2.30 bits per heavy atom. The Balaban J connectivity index is 0.959. The summed E-state index contributed by atoms with van der Waals surface area (Å²) in [7, 11) is 0. The molecule has 270 valence electrons. The van der Waals surface area contributed by atoms with Crippen molar-refractivity contribution in [2.24, 2.45) is 56.6 Å². The zero-order valence-electron chi connectivity index (χ0n) is 30.8. The van der Waals surface area contributed by atoms with E-state index in [9.17, 15) is 14.9 Å². The van der Waals surface area contributed by atoms with Crippen LogP contribution in [-0.4, -0.2) is 23.6 Å². The average Bonchev–Trinajstić information content (AvgIpc) is 3.45. The molecule has 6 rings (SSSR count). The number of nitrogens with zero attached hydrogens (tertiary/aromatic N) is 3. The molecule has 0 heterocycles. The molecule has 0 aliphatic heterocycles. The highest BCUT2D eigenvalue weighted by Crippen LogP contribution is 2.67. The number of hydrogen-bond donors (Lipinski definition) is 0. The van der Waals surface area contributed by atoms with Crippen molar-refractivity contribution in [1.29, 1.82) is 0 Å². The van der Waals surface area contributed by atoms with Gasteiger partial charge in [0, 0.05) is 18.6 Å². The van der Waals surface area contributed by atoms with Gasteiger partial charge in [-0.3, -0.25) is 14.9 Å². The van der Waals surface area contributed by atoms with Crippen LogP contribution < -0.4 is 4.74 Å². The summed E-state index contributed by atoms with van der Waals surface area (Å²) in [5.74, 6) is 5.38. The van der Waals surface area contributed by atoms with Crippen LogP contribution in [0, 0.1) is 56.5 Å². The molecule has 0 amide bonds. The first-order chi connectivity index (χ1) is 24.0. The number of allylic oxidation sites excluding steroid dienone is 1. The molecule has 3 saturated carbocycles. The van der Waals surface area contributed by atoms with E-state index in [1.807, 2.05) is 0 Å². The molecule has 0 N–H and O–H groups in total. The molecule has 0 saturated heterocycles. The molecule has 2 aromatic rings. The Hall–Kier alpha value is -3.55. The van der Waals surface area contributed by atoms with E-state index in [0.717, 1.165) is 54.8 Å². The van der Waals surface area contributed by atoms with Gasteiger partial charge in [-0.15, -0.1) is 0 Å². The number of nitro benzene ring substituents is 1. The van der Waals surface area contributed by atoms with Crippen molar-refractivity contribution in [3.63, 3.8) is 0 Å². The number of fused-ring (bicyclic) bond motifs is 5. The molecule has 8 atom stereocenters. The van der Waals surface area contributed by atoms with Gasteiger partial charge in [0.25, 0.3) is 5.69 Å². The molecular weight excluding hydrogens is 626 g/mol. The number of azo groups is 1. The molecule has 0 unspecified atom stereocenters. The predicted octanol–water partition coefficient (Wildman–Crippen LogP) is 11.7. The molecule has 8 nitrogen and oxygen atoms in total. The Morgan fingerprint density at radius 2 is 1.62 bits per heavy atom. The van der Waals surface area contributed by atoms with Gasteiger partial charge < -0.3 is 9.47 Å². The van der Waals surface area contributed by atoms with Crippen molar-refractivity contribution in [3.05, 3.63) is 70.3 Å². The zero-order chi connectivity index (χ0) is 35.5. The summed E-state index contributed by atoms with van der Waals surface area (Å²) in [5, 5.41) is 19.1. The Labute approximate surface area is 298 Å². The van der Waals surface area contributed by atoms with E-state index in [0.29, 0.717) is 22.5 Å². The van der Waals surface area contributed by atoms with Crippen molar-refractivity contribution >= 4 is 23.0 Å². The van der Waals surface area contributed by atoms with Gasteiger partial charge in [0.05, 0.1) is 29.3 Å². The fourth-order valence-corrected chi connectivity index (χ4v) is 10.6. The van der Waals surface area contributed by atoms with Crippen LogP contribution in [0.1, 0.15) is 112 Å². The smallest absolute Gasteiger partial charge is 0.309 e. The van der Waals surface area contributed by atoms with Gasteiger partial charge in [-0.2, -0.15) is 10.2 Å². The number of carbonyl (C=O) groups is 1. The third-order valence-corrected chi connectivity index (χ3v) is 13.3. The predicted molar refractivity (Wildman–Crippen MR) is 197 cm³/mol. The summed E-state index contributed by atoms with van der Waals surface area (Å²) in [5.41, 5.74) is 3.45. The zero-order valence-corrected chi connectivity index (χ0v) is 30.8. The minimum atomic E-state index is -0.448. The third kappa shape index (κ3) is 7.84. The topological polar surface area (TPSA) is 103 Å². The number of rotatable bonds is 13. The molecule has 3 fully saturated rings. The van der Waals surface area contributed by atoms with Crippen molar-refractivity contribution in [3.8, 4) is 5.75 Å². The van der Waals surface area contributed by atoms with Crippen LogP contribution in [0.4, 0.5) is 17.1 Å². The van der Waals surface area contributed by atoms with Crippen LogP contribution in [0.5, 0.6) is 5.75 Å². The van der Waals surface area contributed by atoms with E-state index in [1.165, 1.54) is 63.5 Å². The molecule has 4 aliphatic rings. The molecule has 0 radical (unpaired) electrons. The maximum Gasteiger partial charge on any atom is 0.309 e. The maximum atomic E-state index is 12.9. The van der Waals surface area contributed by atoms with Gasteiger partial charge in [-0.25, -0.2) is 0 Å². The first kappa shape index (κ1) is 36.2. The van der Waals surface area contributed by atoms with E-state index >= 15 is 0 Å². The van der Waals surface area contributed by atoms with Gasteiger partial charge >= 0.3 is 5.97 Å². The van der Waals surface area contributed by atoms with Gasteiger partial charge in [-0.1, -0.05) is 65.5 Å². The van der Waals surface area contributed by atoms with Crippen LogP contribution in [0.15, 0.2) is 70.4 Å². The summed E-state index contributed by atoms with van der Waals surface area (Å²) in [6, 6.07) is 13.0. The molecule has 0 aromatic heterocycles. The fraction of sp³-hybridized carbons (Fsp3) is 0.643. The Bertz CT molecular complexity index is 1550. The molecule has 2 aromatic carbocycles. The average molecular weight is 684 g/mol. The van der Waals surface area contributed by atoms with Crippen LogP contribution in [0.25, 0.3) is 0 Å². The van der Waals surface area contributed by atoms with E-state index < -0.39 is 4.92 Å². The van der Waals surface area contributed by atoms with Crippen LogP contribution in [0.3, 0.4) is 0 Å². The molecule has 50 heavy (non-hydrogen) atoms. The Morgan fingerprint density at radius 1 is 0.920 bits per heavy atom. The third-order valence-electron chi connectivity index (χ3n) is 13.3. The second kappa shape index (κ2) is 15.4. The quantitative estimate of drug-likeness (QED) is 0.0687. The number of non-ortho nitro benzene ring substituents is 1. The van der Waals surface area contributed by atoms with Gasteiger partial charge in [0.1, 0.15) is 11.9 Å². The summed E-state index contributed by atoms with van der Waals surface area (Å²) in [6.07, 6.45) is 16.6. The highest BCUT2D eigenvalue weighted by molar-refractivity contribution is 5.69. The first-order valence-electron chi connectivity index (χ1n) is 19.2. The maximum absolute atomic E-state index is 12.9. The molecule has 0 spiro atoms. The molecule has 4 aliphatic carbocycles. The number of hydrogen-bond acceptors (Lipinski definition) is 7. The number of esters is 1. The second-order valence-electron chi connectivity index (χ2n) is 16.7. The minimum Gasteiger partial charge on any atom is -0.493 e. The van der Waals surface area contributed by atoms with Gasteiger partial charge in [0.2, 0.25) is 0 Å². The van der Waals surface area contributed by atoms with Crippen molar-refractivity contribution in [2.75, 3.05) is 6.61 Å². The second-order valence-corrected chi connectivity index (χ2v) is 16.7. The molecule has 0 bridgehead atoms. The summed E-state index contributed by atoms with van der Waals surface area (Å²) in [6.45, 7) is 12.7. The van der Waals surface area contributed by atoms with Crippen LogP contribution in [0.2, 0.25) is 0 Å². The lowest BCUT2D eigenvalue weighted by Crippen LogP contribution is -2.51. The lowest BCUT2D eigenvalue weighted by molar-refractivity contribution is -0.384. The summed E-state index contributed by atoms with van der Waals surface area (Å²) >= 11 is 0. The molecule has 8 heteroatoms. The Kier molecular flexibility index (Phi) is 11.1. The van der Waals surface area contributed by atoms with Gasteiger partial charge in [0.15, 0.2) is 0 Å². The summed E-state index contributed by atoms with van der Waals surface area (Å²) < 4.78 is 11.8. The van der Waals surface area contributed by atoms with Crippen molar-refractivity contribution < 1.29 is 19.2 Å². The van der Waals surface area contributed by atoms with E-state index in [4.69, 9.17) is 9.47 Å². The highest BCUT2D eigenvalue weighted by Gasteiger charge is 2.59. The monoisotopic (exact) mass is 683 g/mol. The van der Waals surface area contributed by atoms with Crippen molar-refractivity contribution in [2.45, 2.75) is 118 Å². The largest absolute Gasteiger partial charge is 0.493 e. The van der Waals surface area contributed by atoms with E-state index in [-0.39, 0.29) is 36.2 Å². The number of ether oxygens (including phenoxy) is 2. The first-order valence-corrected chi connectivity index (χ1v) is 19.2. The highest BCUT2D eigenvalue weighted by atomic mass is 16.6. The lowest BCUT2D eigenvalue weighted by Gasteiger charge is -2.58. The van der Waals surface area contributed by atoms with E-state index in [2.05, 4.69) is 50.9 Å².